The molecule has 0 atom stereocenters. The van der Waals surface area contributed by atoms with Crippen molar-refractivity contribution in [2.75, 3.05) is 13.1 Å². The molecule has 7 heteroatoms. The van der Waals surface area contributed by atoms with Crippen LogP contribution in [0.25, 0.3) is 16.9 Å². The van der Waals surface area contributed by atoms with Crippen LogP contribution in [0.4, 0.5) is 5.69 Å². The van der Waals surface area contributed by atoms with Crippen LogP contribution in [0.15, 0.2) is 88.1 Å². The molecule has 1 aliphatic heterocycles. The predicted molar refractivity (Wildman–Crippen MR) is 138 cm³/mol. The van der Waals surface area contributed by atoms with Gasteiger partial charge in [0.25, 0.3) is 0 Å². The van der Waals surface area contributed by atoms with Crippen LogP contribution in [0.1, 0.15) is 24.0 Å². The van der Waals surface area contributed by atoms with Gasteiger partial charge in [-0.15, -0.1) is 11.3 Å². The molecule has 2 heterocycles. The SMILES string of the molecule is Cc1ccc(N=c2scc(-c3ccc(S(=O)(=O)N4CCCC4)cc3)n2-c2ccc(C)cc2)cc1. The van der Waals surface area contributed by atoms with Gasteiger partial charge in [-0.05, 0) is 68.7 Å². The maximum absolute atomic E-state index is 12.9. The lowest BCUT2D eigenvalue weighted by molar-refractivity contribution is 0.477. The van der Waals surface area contributed by atoms with Gasteiger partial charge in [0.05, 0.1) is 16.3 Å². The smallest absolute Gasteiger partial charge is 0.243 e. The van der Waals surface area contributed by atoms with Crippen molar-refractivity contribution in [2.24, 2.45) is 4.99 Å². The molecule has 0 unspecified atom stereocenters. The van der Waals surface area contributed by atoms with Gasteiger partial charge in [0.1, 0.15) is 0 Å². The van der Waals surface area contributed by atoms with Crippen LogP contribution < -0.4 is 4.80 Å². The number of aryl methyl sites for hydroxylation is 2. The van der Waals surface area contributed by atoms with Gasteiger partial charge in [-0.25, -0.2) is 13.4 Å². The highest BCUT2D eigenvalue weighted by atomic mass is 32.2. The molecule has 0 saturated carbocycles. The minimum absolute atomic E-state index is 0.347. The molecule has 4 aromatic rings. The molecule has 1 aliphatic rings. The molecule has 1 fully saturated rings. The van der Waals surface area contributed by atoms with Gasteiger partial charge < -0.3 is 0 Å². The van der Waals surface area contributed by atoms with Crippen molar-refractivity contribution in [3.63, 3.8) is 0 Å². The van der Waals surface area contributed by atoms with Crippen LogP contribution in [-0.2, 0) is 10.0 Å². The zero-order valence-electron chi connectivity index (χ0n) is 19.3. The summed E-state index contributed by atoms with van der Waals surface area (Å²) < 4.78 is 29.6. The van der Waals surface area contributed by atoms with Gasteiger partial charge in [0.2, 0.25) is 10.0 Å². The lowest BCUT2D eigenvalue weighted by Gasteiger charge is -2.16. The van der Waals surface area contributed by atoms with E-state index in [0.717, 1.165) is 40.3 Å². The van der Waals surface area contributed by atoms with Crippen LogP contribution in [0.3, 0.4) is 0 Å². The molecule has 34 heavy (non-hydrogen) atoms. The van der Waals surface area contributed by atoms with E-state index in [1.807, 2.05) is 24.3 Å². The van der Waals surface area contributed by atoms with E-state index in [4.69, 9.17) is 4.99 Å². The first-order chi connectivity index (χ1) is 16.4. The second kappa shape index (κ2) is 9.33. The zero-order valence-corrected chi connectivity index (χ0v) is 20.9. The van der Waals surface area contributed by atoms with Gasteiger partial charge in [-0.1, -0.05) is 47.5 Å². The first-order valence-corrected chi connectivity index (χ1v) is 13.7. The Labute approximate surface area is 204 Å². The summed E-state index contributed by atoms with van der Waals surface area (Å²) in [6.07, 6.45) is 1.85. The fourth-order valence-corrected chi connectivity index (χ4v) is 6.58. The molecule has 0 amide bonds. The summed E-state index contributed by atoms with van der Waals surface area (Å²) in [5.74, 6) is 0. The highest BCUT2D eigenvalue weighted by molar-refractivity contribution is 7.89. The van der Waals surface area contributed by atoms with Crippen molar-refractivity contribution >= 4 is 27.0 Å². The standard InChI is InChI=1S/C27H27N3O2S2/c1-20-5-11-23(12-6-20)28-27-30(24-13-7-21(2)8-14-24)26(19-33-27)22-9-15-25(16-10-22)34(31,32)29-17-3-4-18-29/h5-16,19H,3-4,17-18H2,1-2H3. The van der Waals surface area contributed by atoms with Crippen LogP contribution in [0, 0.1) is 13.8 Å². The summed E-state index contributed by atoms with van der Waals surface area (Å²) in [6, 6.07) is 23.7. The lowest BCUT2D eigenvalue weighted by Crippen LogP contribution is -2.27. The Kier molecular flexibility index (Phi) is 6.25. The minimum Gasteiger partial charge on any atom is -0.285 e. The van der Waals surface area contributed by atoms with E-state index in [-0.39, 0.29) is 0 Å². The van der Waals surface area contributed by atoms with Crippen molar-refractivity contribution in [3.8, 4) is 16.9 Å². The average Bonchev–Trinajstić information content (AvgIpc) is 3.52. The van der Waals surface area contributed by atoms with E-state index < -0.39 is 10.0 Å². The molecule has 0 N–H and O–H groups in total. The Morgan fingerprint density at radius 3 is 2.00 bits per heavy atom. The van der Waals surface area contributed by atoms with E-state index in [1.165, 1.54) is 11.1 Å². The Balaban J connectivity index is 1.59. The van der Waals surface area contributed by atoms with Crippen LogP contribution in [0.5, 0.6) is 0 Å². The third-order valence-electron chi connectivity index (χ3n) is 6.11. The minimum atomic E-state index is -3.43. The number of hydrogen-bond donors (Lipinski definition) is 0. The quantitative estimate of drug-likeness (QED) is 0.354. The molecule has 3 aromatic carbocycles. The average molecular weight is 490 g/mol. The molecule has 0 bridgehead atoms. The third kappa shape index (κ3) is 4.51. The first kappa shape index (κ1) is 22.8. The second-order valence-electron chi connectivity index (χ2n) is 8.66. The Morgan fingerprint density at radius 2 is 1.38 bits per heavy atom. The van der Waals surface area contributed by atoms with Gasteiger partial charge in [0.15, 0.2) is 4.80 Å². The fourth-order valence-electron chi connectivity index (χ4n) is 4.14. The van der Waals surface area contributed by atoms with Gasteiger partial charge in [-0.3, -0.25) is 4.57 Å². The number of rotatable bonds is 5. The second-order valence-corrected chi connectivity index (χ2v) is 11.4. The van der Waals surface area contributed by atoms with Crippen molar-refractivity contribution in [1.82, 2.24) is 8.87 Å². The summed E-state index contributed by atoms with van der Waals surface area (Å²) in [7, 11) is -3.43. The van der Waals surface area contributed by atoms with Crippen LogP contribution >= 0.6 is 11.3 Å². The van der Waals surface area contributed by atoms with Gasteiger partial charge in [-0.2, -0.15) is 4.31 Å². The highest BCUT2D eigenvalue weighted by Gasteiger charge is 2.27. The molecular formula is C27H27N3O2S2. The molecule has 0 spiro atoms. The Morgan fingerprint density at radius 1 is 0.794 bits per heavy atom. The van der Waals surface area contributed by atoms with Crippen molar-refractivity contribution < 1.29 is 8.42 Å². The first-order valence-electron chi connectivity index (χ1n) is 11.4. The summed E-state index contributed by atoms with van der Waals surface area (Å²) in [6.45, 7) is 5.34. The topological polar surface area (TPSA) is 54.7 Å². The molecule has 5 rings (SSSR count). The highest BCUT2D eigenvalue weighted by Crippen LogP contribution is 2.27. The van der Waals surface area contributed by atoms with Crippen molar-refractivity contribution in [2.45, 2.75) is 31.6 Å². The molecule has 0 aliphatic carbocycles. The van der Waals surface area contributed by atoms with E-state index in [1.54, 1.807) is 27.8 Å². The number of benzene rings is 3. The number of thiazole rings is 1. The number of aromatic nitrogens is 1. The van der Waals surface area contributed by atoms with E-state index in [9.17, 15) is 8.42 Å². The van der Waals surface area contributed by atoms with Crippen LogP contribution in [0.2, 0.25) is 0 Å². The summed E-state index contributed by atoms with van der Waals surface area (Å²) in [5, 5.41) is 2.08. The summed E-state index contributed by atoms with van der Waals surface area (Å²) >= 11 is 1.57. The van der Waals surface area contributed by atoms with Gasteiger partial charge in [0, 0.05) is 24.2 Å². The Hall–Kier alpha value is -3.00. The van der Waals surface area contributed by atoms with Gasteiger partial charge >= 0.3 is 0 Å². The molecule has 1 aromatic heterocycles. The number of sulfonamides is 1. The van der Waals surface area contributed by atoms with E-state index in [0.29, 0.717) is 18.0 Å². The molecule has 174 valence electrons. The Bertz CT molecular complexity index is 1460. The number of hydrogen-bond acceptors (Lipinski definition) is 4. The zero-order chi connectivity index (χ0) is 23.7. The van der Waals surface area contributed by atoms with Crippen molar-refractivity contribution in [3.05, 3.63) is 94.1 Å². The molecular weight excluding hydrogens is 462 g/mol. The predicted octanol–water partition coefficient (Wildman–Crippen LogP) is 5.84. The molecule has 0 radical (unpaired) electrons. The summed E-state index contributed by atoms with van der Waals surface area (Å²) in [5.41, 5.74) is 6.22. The lowest BCUT2D eigenvalue weighted by atomic mass is 10.1. The molecule has 1 saturated heterocycles. The fraction of sp³-hybridized carbons (Fsp3) is 0.222. The molecule has 5 nitrogen and oxygen atoms in total. The monoisotopic (exact) mass is 489 g/mol. The normalized spacial score (nSPS) is 15.2. The maximum atomic E-state index is 12.9. The van der Waals surface area contributed by atoms with Crippen molar-refractivity contribution in [1.29, 1.82) is 0 Å². The summed E-state index contributed by atoms with van der Waals surface area (Å²) in [4.78, 5) is 6.12. The van der Waals surface area contributed by atoms with E-state index >= 15 is 0 Å². The van der Waals surface area contributed by atoms with E-state index in [2.05, 4.69) is 60.2 Å². The third-order valence-corrected chi connectivity index (χ3v) is 8.85. The van der Waals surface area contributed by atoms with Crippen LogP contribution in [-0.4, -0.2) is 30.4 Å². The number of nitrogens with zero attached hydrogens (tertiary/aromatic N) is 3. The largest absolute Gasteiger partial charge is 0.285 e. The maximum Gasteiger partial charge on any atom is 0.243 e.